The molecule has 0 radical (unpaired) electrons. The molecule has 0 spiro atoms. The van der Waals surface area contributed by atoms with Gasteiger partial charge in [-0.05, 0) is 31.5 Å². The van der Waals surface area contributed by atoms with Crippen molar-refractivity contribution >= 4 is 17.0 Å². The fourth-order valence-electron chi connectivity index (χ4n) is 1.67. The molecule has 1 aromatic heterocycles. The minimum Gasteiger partial charge on any atom is -0.466 e. The van der Waals surface area contributed by atoms with Gasteiger partial charge in [0.1, 0.15) is 5.82 Å². The molecule has 2 rings (SSSR count). The second-order valence-electron chi connectivity index (χ2n) is 3.66. The van der Waals surface area contributed by atoms with Crippen LogP contribution in [0.25, 0.3) is 11.0 Å². The maximum absolute atomic E-state index is 11.3. The van der Waals surface area contributed by atoms with E-state index in [4.69, 9.17) is 4.74 Å². The Bertz CT molecular complexity index is 517. The van der Waals surface area contributed by atoms with Crippen LogP contribution in [0.5, 0.6) is 0 Å². The van der Waals surface area contributed by atoms with Gasteiger partial charge in [0.15, 0.2) is 0 Å². The molecule has 0 fully saturated rings. The van der Waals surface area contributed by atoms with E-state index in [-0.39, 0.29) is 5.97 Å². The number of hydrogen-bond acceptors (Lipinski definition) is 3. The summed E-state index contributed by atoms with van der Waals surface area (Å²) in [7, 11) is 0. The van der Waals surface area contributed by atoms with Crippen LogP contribution < -0.4 is 0 Å². The van der Waals surface area contributed by atoms with Gasteiger partial charge in [0, 0.05) is 0 Å². The number of aromatic amines is 1. The van der Waals surface area contributed by atoms with E-state index >= 15 is 0 Å². The predicted octanol–water partition coefficient (Wildman–Crippen LogP) is 1.98. The summed E-state index contributed by atoms with van der Waals surface area (Å²) in [6.45, 7) is 4.13. The average molecular weight is 218 g/mol. The molecular formula is C12H14N2O2. The fraction of sp³-hybridized carbons (Fsp3) is 0.333. The Morgan fingerprint density at radius 2 is 2.31 bits per heavy atom. The van der Waals surface area contributed by atoms with Crippen molar-refractivity contribution in [1.29, 1.82) is 0 Å². The molecule has 16 heavy (non-hydrogen) atoms. The van der Waals surface area contributed by atoms with Crippen molar-refractivity contribution < 1.29 is 9.53 Å². The second kappa shape index (κ2) is 4.35. The zero-order valence-corrected chi connectivity index (χ0v) is 9.41. The molecular weight excluding hydrogens is 204 g/mol. The van der Waals surface area contributed by atoms with Gasteiger partial charge in [0.05, 0.1) is 24.1 Å². The summed E-state index contributed by atoms with van der Waals surface area (Å²) in [5, 5.41) is 0. The van der Waals surface area contributed by atoms with Crippen molar-refractivity contribution in [3.05, 3.63) is 29.6 Å². The number of carbonyl (C=O) groups excluding carboxylic acids is 1. The lowest BCUT2D eigenvalue weighted by Crippen LogP contribution is -2.07. The number of imidazole rings is 1. The van der Waals surface area contributed by atoms with Crippen LogP contribution in [0.1, 0.15) is 18.3 Å². The monoisotopic (exact) mass is 218 g/mol. The number of rotatable bonds is 3. The number of H-pyrrole nitrogens is 1. The summed E-state index contributed by atoms with van der Waals surface area (Å²) < 4.78 is 4.90. The number of aryl methyl sites for hydroxylation is 1. The van der Waals surface area contributed by atoms with E-state index < -0.39 is 0 Å². The van der Waals surface area contributed by atoms with E-state index in [2.05, 4.69) is 9.97 Å². The summed E-state index contributed by atoms with van der Waals surface area (Å²) in [5.74, 6) is 0.682. The van der Waals surface area contributed by atoms with Crippen molar-refractivity contribution in [2.24, 2.45) is 0 Å². The molecule has 0 atom stereocenters. The van der Waals surface area contributed by atoms with E-state index in [9.17, 15) is 4.79 Å². The Morgan fingerprint density at radius 1 is 1.50 bits per heavy atom. The Hall–Kier alpha value is -1.84. The molecule has 4 nitrogen and oxygen atoms in total. The molecule has 0 unspecified atom stereocenters. The maximum atomic E-state index is 11.3. The predicted molar refractivity (Wildman–Crippen MR) is 61.2 cm³/mol. The van der Waals surface area contributed by atoms with E-state index in [0.29, 0.717) is 13.0 Å². The van der Waals surface area contributed by atoms with Gasteiger partial charge >= 0.3 is 5.97 Å². The molecule has 0 aliphatic rings. The number of carbonyl (C=O) groups is 1. The topological polar surface area (TPSA) is 55.0 Å². The molecule has 1 aromatic carbocycles. The third-order valence-corrected chi connectivity index (χ3v) is 2.32. The highest BCUT2D eigenvalue weighted by Crippen LogP contribution is 2.14. The largest absolute Gasteiger partial charge is 0.466 e. The quantitative estimate of drug-likeness (QED) is 0.801. The number of hydrogen-bond donors (Lipinski definition) is 1. The molecule has 0 saturated heterocycles. The number of ether oxygens (including phenoxy) is 1. The minimum absolute atomic E-state index is 0.196. The van der Waals surface area contributed by atoms with Crippen LogP contribution in [-0.2, 0) is 16.0 Å². The van der Waals surface area contributed by atoms with Crippen LogP contribution in [0, 0.1) is 6.92 Å². The lowest BCUT2D eigenvalue weighted by molar-refractivity contribution is -0.142. The minimum atomic E-state index is -0.196. The molecule has 0 amide bonds. The molecule has 2 aromatic rings. The van der Waals surface area contributed by atoms with Crippen molar-refractivity contribution in [2.45, 2.75) is 20.3 Å². The van der Waals surface area contributed by atoms with Crippen molar-refractivity contribution in [3.63, 3.8) is 0 Å². The Labute approximate surface area is 93.6 Å². The maximum Gasteiger partial charge on any atom is 0.310 e. The SMILES string of the molecule is CCOC(=O)Cc1ccc2nc(C)[nH]c2c1. The summed E-state index contributed by atoms with van der Waals surface area (Å²) in [6, 6.07) is 5.75. The average Bonchev–Trinajstić information content (AvgIpc) is 2.57. The molecule has 1 N–H and O–H groups in total. The number of aromatic nitrogens is 2. The summed E-state index contributed by atoms with van der Waals surface area (Å²) >= 11 is 0. The van der Waals surface area contributed by atoms with Gasteiger partial charge in [0.25, 0.3) is 0 Å². The van der Waals surface area contributed by atoms with Crippen LogP contribution in [0.3, 0.4) is 0 Å². The van der Waals surface area contributed by atoms with Gasteiger partial charge in [-0.25, -0.2) is 4.98 Å². The van der Waals surface area contributed by atoms with Crippen molar-refractivity contribution in [2.75, 3.05) is 6.61 Å². The zero-order chi connectivity index (χ0) is 11.5. The van der Waals surface area contributed by atoms with Gasteiger partial charge in [-0.3, -0.25) is 4.79 Å². The van der Waals surface area contributed by atoms with E-state index in [1.54, 1.807) is 6.92 Å². The zero-order valence-electron chi connectivity index (χ0n) is 9.41. The van der Waals surface area contributed by atoms with Crippen molar-refractivity contribution in [3.8, 4) is 0 Å². The molecule has 4 heteroatoms. The lowest BCUT2D eigenvalue weighted by Gasteiger charge is -2.01. The van der Waals surface area contributed by atoms with Gasteiger partial charge in [0.2, 0.25) is 0 Å². The first-order valence-electron chi connectivity index (χ1n) is 5.30. The molecule has 0 saturated carbocycles. The highest BCUT2D eigenvalue weighted by Gasteiger charge is 2.06. The lowest BCUT2D eigenvalue weighted by atomic mass is 10.1. The Kier molecular flexibility index (Phi) is 2.90. The van der Waals surface area contributed by atoms with Crippen molar-refractivity contribution in [1.82, 2.24) is 9.97 Å². The molecule has 0 bridgehead atoms. The smallest absolute Gasteiger partial charge is 0.310 e. The first-order valence-corrected chi connectivity index (χ1v) is 5.30. The van der Waals surface area contributed by atoms with Crippen LogP contribution in [0.15, 0.2) is 18.2 Å². The normalized spacial score (nSPS) is 10.6. The van der Waals surface area contributed by atoms with E-state index in [0.717, 1.165) is 22.4 Å². The number of fused-ring (bicyclic) bond motifs is 1. The molecule has 0 aliphatic heterocycles. The number of nitrogens with one attached hydrogen (secondary N) is 1. The highest BCUT2D eigenvalue weighted by molar-refractivity contribution is 5.79. The highest BCUT2D eigenvalue weighted by atomic mass is 16.5. The Balaban J connectivity index is 2.22. The molecule has 1 heterocycles. The van der Waals surface area contributed by atoms with E-state index in [1.807, 2.05) is 25.1 Å². The van der Waals surface area contributed by atoms with Gasteiger partial charge in [-0.2, -0.15) is 0 Å². The molecule has 0 aliphatic carbocycles. The van der Waals surface area contributed by atoms with Crippen LogP contribution in [0.2, 0.25) is 0 Å². The number of nitrogens with zero attached hydrogens (tertiary/aromatic N) is 1. The van der Waals surface area contributed by atoms with Crippen LogP contribution >= 0.6 is 0 Å². The Morgan fingerprint density at radius 3 is 3.06 bits per heavy atom. The van der Waals surface area contributed by atoms with Crippen LogP contribution in [-0.4, -0.2) is 22.5 Å². The van der Waals surface area contributed by atoms with Gasteiger partial charge in [-0.1, -0.05) is 6.07 Å². The first kappa shape index (κ1) is 10.7. The van der Waals surface area contributed by atoms with E-state index in [1.165, 1.54) is 0 Å². The number of esters is 1. The van der Waals surface area contributed by atoms with Gasteiger partial charge < -0.3 is 9.72 Å². The molecule has 84 valence electrons. The fourth-order valence-corrected chi connectivity index (χ4v) is 1.67. The standard InChI is InChI=1S/C12H14N2O2/c1-3-16-12(15)7-9-4-5-10-11(6-9)14-8(2)13-10/h4-6H,3,7H2,1-2H3,(H,13,14). The third-order valence-electron chi connectivity index (χ3n) is 2.32. The first-order chi connectivity index (χ1) is 7.69. The number of benzene rings is 1. The van der Waals surface area contributed by atoms with Gasteiger partial charge in [-0.15, -0.1) is 0 Å². The van der Waals surface area contributed by atoms with Crippen LogP contribution in [0.4, 0.5) is 0 Å². The summed E-state index contributed by atoms with van der Waals surface area (Å²) in [5.41, 5.74) is 2.82. The summed E-state index contributed by atoms with van der Waals surface area (Å²) in [6.07, 6.45) is 0.307. The second-order valence-corrected chi connectivity index (χ2v) is 3.66. The third kappa shape index (κ3) is 2.21. The summed E-state index contributed by atoms with van der Waals surface area (Å²) in [4.78, 5) is 18.7.